The van der Waals surface area contributed by atoms with Gasteiger partial charge in [0.05, 0.1) is 6.10 Å². The Morgan fingerprint density at radius 1 is 1.06 bits per heavy atom. The van der Waals surface area contributed by atoms with Crippen LogP contribution in [0.5, 0.6) is 0 Å². The molecule has 186 valence electrons. The average Bonchev–Trinajstić information content (AvgIpc) is 3.41. The molecular weight excluding hydrogens is 450 g/mol. The molecule has 2 amide bonds. The molecule has 2 unspecified atom stereocenters. The van der Waals surface area contributed by atoms with Crippen molar-refractivity contribution in [3.05, 3.63) is 59.7 Å². The van der Waals surface area contributed by atoms with Gasteiger partial charge in [0.15, 0.2) is 0 Å². The number of nitrogens with one attached hydrogen (secondary N) is 1. The summed E-state index contributed by atoms with van der Waals surface area (Å²) in [5, 5.41) is 12.1. The Bertz CT molecular complexity index is 1060. The number of benzene rings is 2. The first-order chi connectivity index (χ1) is 16.8. The smallest absolute Gasteiger partial charge is 0.407 e. The van der Waals surface area contributed by atoms with Crippen LogP contribution in [-0.4, -0.2) is 92.5 Å². The third-order valence-corrected chi connectivity index (χ3v) is 6.68. The van der Waals surface area contributed by atoms with Gasteiger partial charge in [-0.1, -0.05) is 48.5 Å². The van der Waals surface area contributed by atoms with Crippen LogP contribution in [0.1, 0.15) is 17.0 Å². The maximum absolute atomic E-state index is 13.2. The van der Waals surface area contributed by atoms with Gasteiger partial charge in [-0.25, -0.2) is 4.79 Å². The highest BCUT2D eigenvalue weighted by Crippen LogP contribution is 2.44. The minimum atomic E-state index is -1.01. The molecule has 0 bridgehead atoms. The number of rotatable bonds is 8. The molecule has 1 heterocycles. The summed E-state index contributed by atoms with van der Waals surface area (Å²) in [5.74, 6) is -2.27. The maximum atomic E-state index is 13.2. The molecule has 0 radical (unpaired) electrons. The maximum Gasteiger partial charge on any atom is 0.407 e. The van der Waals surface area contributed by atoms with Crippen molar-refractivity contribution in [2.24, 2.45) is 5.92 Å². The number of likely N-dealkylation sites (tertiary alicyclic amines) is 1. The Morgan fingerprint density at radius 2 is 1.66 bits per heavy atom. The van der Waals surface area contributed by atoms with Gasteiger partial charge >= 0.3 is 12.1 Å². The summed E-state index contributed by atoms with van der Waals surface area (Å²) in [5.41, 5.74) is 4.47. The first-order valence-electron chi connectivity index (χ1n) is 11.6. The van der Waals surface area contributed by atoms with Crippen molar-refractivity contribution in [1.82, 2.24) is 15.1 Å². The van der Waals surface area contributed by atoms with Crippen molar-refractivity contribution in [2.45, 2.75) is 18.1 Å². The van der Waals surface area contributed by atoms with Crippen molar-refractivity contribution < 1.29 is 29.0 Å². The fraction of sp³-hybridized carbons (Fsp3) is 0.423. The normalized spacial score (nSPS) is 19.8. The number of likely N-dealkylation sites (N-methyl/N-ethyl adjacent to an activating group) is 1. The van der Waals surface area contributed by atoms with E-state index in [1.165, 1.54) is 12.0 Å². The van der Waals surface area contributed by atoms with Crippen molar-refractivity contribution >= 4 is 18.0 Å². The number of fused-ring (bicyclic) bond motifs is 3. The summed E-state index contributed by atoms with van der Waals surface area (Å²) in [6, 6.07) is 15.2. The quantitative estimate of drug-likeness (QED) is 0.594. The second-order valence-corrected chi connectivity index (χ2v) is 9.25. The molecular formula is C26H31N3O6. The Kier molecular flexibility index (Phi) is 7.37. The highest BCUT2D eigenvalue weighted by molar-refractivity contribution is 5.87. The fourth-order valence-electron chi connectivity index (χ4n) is 4.98. The number of carboxylic acid groups (broad SMARTS) is 1. The Labute approximate surface area is 204 Å². The summed E-state index contributed by atoms with van der Waals surface area (Å²) in [7, 11) is 5.02. The van der Waals surface area contributed by atoms with Crippen molar-refractivity contribution in [2.75, 3.05) is 47.4 Å². The zero-order valence-electron chi connectivity index (χ0n) is 20.1. The minimum absolute atomic E-state index is 0.0307. The predicted octanol–water partition coefficient (Wildman–Crippen LogP) is 2.01. The van der Waals surface area contributed by atoms with Gasteiger partial charge in [0.25, 0.3) is 0 Å². The van der Waals surface area contributed by atoms with Gasteiger partial charge in [0.2, 0.25) is 5.91 Å². The third-order valence-electron chi connectivity index (χ3n) is 6.68. The van der Waals surface area contributed by atoms with Crippen molar-refractivity contribution in [3.63, 3.8) is 0 Å². The average molecular weight is 482 g/mol. The molecule has 2 N–H and O–H groups in total. The van der Waals surface area contributed by atoms with Gasteiger partial charge in [0, 0.05) is 32.7 Å². The predicted molar refractivity (Wildman–Crippen MR) is 129 cm³/mol. The van der Waals surface area contributed by atoms with E-state index in [1.54, 1.807) is 19.0 Å². The number of nitrogens with zero attached hydrogens (tertiary/aromatic N) is 2. The summed E-state index contributed by atoms with van der Waals surface area (Å²) in [4.78, 5) is 40.8. The largest absolute Gasteiger partial charge is 0.481 e. The van der Waals surface area contributed by atoms with Gasteiger partial charge in [-0.2, -0.15) is 0 Å². The van der Waals surface area contributed by atoms with Crippen LogP contribution in [0.15, 0.2) is 48.5 Å². The number of amides is 2. The first kappa shape index (κ1) is 24.7. The Balaban J connectivity index is 1.43. The van der Waals surface area contributed by atoms with Crippen LogP contribution in [0.3, 0.4) is 0 Å². The van der Waals surface area contributed by atoms with E-state index in [9.17, 15) is 19.5 Å². The van der Waals surface area contributed by atoms with Gasteiger partial charge in [-0.15, -0.1) is 0 Å². The number of hydrogen-bond donors (Lipinski definition) is 2. The molecule has 4 rings (SSSR count). The molecule has 1 aliphatic carbocycles. The highest BCUT2D eigenvalue weighted by atomic mass is 16.5. The van der Waals surface area contributed by atoms with E-state index < -0.39 is 30.1 Å². The lowest BCUT2D eigenvalue weighted by Gasteiger charge is -2.26. The highest BCUT2D eigenvalue weighted by Gasteiger charge is 2.42. The van der Waals surface area contributed by atoms with Crippen LogP contribution < -0.4 is 5.32 Å². The number of carboxylic acids is 1. The number of hydrogen-bond acceptors (Lipinski definition) is 6. The van der Waals surface area contributed by atoms with E-state index in [0.717, 1.165) is 22.3 Å². The molecule has 0 spiro atoms. The SMILES string of the molecule is COC1CN(C(=O)[C@H](CN(C)C)NC(=O)OCC2c3ccccc3-c3ccccc32)CC1C(=O)O. The minimum Gasteiger partial charge on any atom is -0.481 e. The Morgan fingerprint density at radius 3 is 2.17 bits per heavy atom. The summed E-state index contributed by atoms with van der Waals surface area (Å²) >= 11 is 0. The van der Waals surface area contributed by atoms with Gasteiger partial charge in [-0.05, 0) is 36.3 Å². The van der Waals surface area contributed by atoms with Crippen LogP contribution in [0, 0.1) is 5.92 Å². The lowest BCUT2D eigenvalue weighted by molar-refractivity contribution is -0.144. The monoisotopic (exact) mass is 481 g/mol. The van der Waals surface area contributed by atoms with E-state index in [4.69, 9.17) is 9.47 Å². The molecule has 35 heavy (non-hydrogen) atoms. The third kappa shape index (κ3) is 5.16. The lowest BCUT2D eigenvalue weighted by Crippen LogP contribution is -2.52. The standard InChI is InChI=1S/C26H31N3O6/c1-28(2)13-22(24(30)29-12-20(25(31)32)23(14-29)34-3)27-26(33)35-15-21-18-10-6-4-8-16(18)17-9-5-7-11-19(17)21/h4-11,20-23H,12-15H2,1-3H3,(H,27,33)(H,31,32)/t20?,22-,23?/m0/s1. The molecule has 9 nitrogen and oxygen atoms in total. The Hall–Kier alpha value is -3.43. The topological polar surface area (TPSA) is 108 Å². The second kappa shape index (κ2) is 10.5. The van der Waals surface area contributed by atoms with Crippen LogP contribution in [0.2, 0.25) is 0 Å². The number of ether oxygens (including phenoxy) is 2. The van der Waals surface area contributed by atoms with Crippen LogP contribution >= 0.6 is 0 Å². The second-order valence-electron chi connectivity index (χ2n) is 9.25. The molecule has 2 aromatic carbocycles. The van der Waals surface area contributed by atoms with Crippen LogP contribution in [0.25, 0.3) is 11.1 Å². The molecule has 0 saturated carbocycles. The molecule has 9 heteroatoms. The number of methoxy groups -OCH3 is 1. The van der Waals surface area contributed by atoms with Crippen molar-refractivity contribution in [3.8, 4) is 11.1 Å². The first-order valence-corrected chi connectivity index (χ1v) is 11.6. The molecule has 1 aliphatic heterocycles. The van der Waals surface area contributed by atoms with E-state index >= 15 is 0 Å². The van der Waals surface area contributed by atoms with E-state index in [-0.39, 0.29) is 38.1 Å². The zero-order valence-corrected chi connectivity index (χ0v) is 20.1. The molecule has 3 atom stereocenters. The molecule has 1 fully saturated rings. The van der Waals surface area contributed by atoms with Crippen LogP contribution in [-0.2, 0) is 19.1 Å². The molecule has 2 aromatic rings. The number of carbonyl (C=O) groups excluding carboxylic acids is 2. The van der Waals surface area contributed by atoms with Gasteiger partial charge in [0.1, 0.15) is 18.6 Å². The van der Waals surface area contributed by atoms with Crippen LogP contribution in [0.4, 0.5) is 4.79 Å². The van der Waals surface area contributed by atoms with E-state index in [2.05, 4.69) is 17.4 Å². The van der Waals surface area contributed by atoms with Gasteiger partial charge in [-0.3, -0.25) is 9.59 Å². The number of carbonyl (C=O) groups is 3. The summed E-state index contributed by atoms with van der Waals surface area (Å²) in [6.07, 6.45) is -1.28. The summed E-state index contributed by atoms with van der Waals surface area (Å²) < 4.78 is 10.9. The molecule has 0 aromatic heterocycles. The van der Waals surface area contributed by atoms with E-state index in [1.807, 2.05) is 36.4 Å². The number of alkyl carbamates (subject to hydrolysis) is 1. The summed E-state index contributed by atoms with van der Waals surface area (Å²) in [6.45, 7) is 0.569. The number of aliphatic carboxylic acids is 1. The van der Waals surface area contributed by atoms with Crippen molar-refractivity contribution in [1.29, 1.82) is 0 Å². The fourth-order valence-corrected chi connectivity index (χ4v) is 4.98. The van der Waals surface area contributed by atoms with Gasteiger partial charge < -0.3 is 29.7 Å². The molecule has 1 saturated heterocycles. The van der Waals surface area contributed by atoms with E-state index in [0.29, 0.717) is 0 Å². The zero-order chi connectivity index (χ0) is 25.1. The lowest BCUT2D eigenvalue weighted by atomic mass is 9.98. The molecule has 2 aliphatic rings.